The molecule has 2 atom stereocenters. The van der Waals surface area contributed by atoms with Gasteiger partial charge in [0.15, 0.2) is 0 Å². The van der Waals surface area contributed by atoms with Crippen molar-refractivity contribution in [2.75, 3.05) is 26.2 Å². The fourth-order valence-corrected chi connectivity index (χ4v) is 3.00. The molecule has 0 radical (unpaired) electrons. The Morgan fingerprint density at radius 1 is 1.38 bits per heavy atom. The Labute approximate surface area is 127 Å². The van der Waals surface area contributed by atoms with E-state index in [4.69, 9.17) is 4.74 Å². The second kappa shape index (κ2) is 7.57. The van der Waals surface area contributed by atoms with E-state index in [1.165, 1.54) is 11.1 Å². The molecule has 4 nitrogen and oxygen atoms in total. The van der Waals surface area contributed by atoms with E-state index in [9.17, 15) is 4.79 Å². The summed E-state index contributed by atoms with van der Waals surface area (Å²) in [6.07, 6.45) is 0.985. The summed E-state index contributed by atoms with van der Waals surface area (Å²) in [4.78, 5) is 14.5. The molecule has 2 unspecified atom stereocenters. The van der Waals surface area contributed by atoms with Crippen LogP contribution in [0.1, 0.15) is 37.4 Å². The Morgan fingerprint density at radius 2 is 2.10 bits per heavy atom. The maximum atomic E-state index is 12.2. The van der Waals surface area contributed by atoms with Crippen molar-refractivity contribution in [3.63, 3.8) is 0 Å². The van der Waals surface area contributed by atoms with Crippen LogP contribution in [0.15, 0.2) is 24.3 Å². The van der Waals surface area contributed by atoms with Gasteiger partial charge in [0, 0.05) is 25.7 Å². The van der Waals surface area contributed by atoms with Crippen molar-refractivity contribution >= 4 is 5.97 Å². The van der Waals surface area contributed by atoms with Gasteiger partial charge in [-0.3, -0.25) is 9.69 Å². The van der Waals surface area contributed by atoms with E-state index in [-0.39, 0.29) is 18.1 Å². The first kappa shape index (κ1) is 16.0. The van der Waals surface area contributed by atoms with Crippen LogP contribution in [0, 0.1) is 6.92 Å². The number of benzene rings is 1. The van der Waals surface area contributed by atoms with Crippen molar-refractivity contribution in [1.29, 1.82) is 0 Å². The molecule has 2 rings (SSSR count). The molecule has 1 heterocycles. The average molecular weight is 290 g/mol. The minimum Gasteiger partial charge on any atom is -0.465 e. The standard InChI is InChI=1S/C17H26N2O2/c1-4-15(14-8-6-13(3)7-9-14)19-11-10-18-12-16(19)17(20)21-5-2/h6-9,15-16,18H,4-5,10-12H2,1-3H3. The number of nitrogens with one attached hydrogen (secondary N) is 1. The predicted octanol–water partition coefficient (Wildman–Crippen LogP) is 2.28. The summed E-state index contributed by atoms with van der Waals surface area (Å²) in [6.45, 7) is 9.02. The largest absolute Gasteiger partial charge is 0.465 e. The highest BCUT2D eigenvalue weighted by atomic mass is 16.5. The van der Waals surface area contributed by atoms with Crippen LogP contribution in [-0.4, -0.2) is 43.2 Å². The van der Waals surface area contributed by atoms with Gasteiger partial charge in [0.2, 0.25) is 0 Å². The van der Waals surface area contributed by atoms with E-state index in [2.05, 4.69) is 48.3 Å². The van der Waals surface area contributed by atoms with Gasteiger partial charge in [-0.2, -0.15) is 0 Å². The van der Waals surface area contributed by atoms with Crippen LogP contribution in [0.5, 0.6) is 0 Å². The third-order valence-electron chi connectivity index (χ3n) is 4.09. The number of piperazine rings is 1. The van der Waals surface area contributed by atoms with E-state index in [0.717, 1.165) is 19.5 Å². The summed E-state index contributed by atoms with van der Waals surface area (Å²) < 4.78 is 5.24. The van der Waals surface area contributed by atoms with Gasteiger partial charge < -0.3 is 10.1 Å². The average Bonchev–Trinajstić information content (AvgIpc) is 2.50. The summed E-state index contributed by atoms with van der Waals surface area (Å²) in [7, 11) is 0. The first-order chi connectivity index (χ1) is 10.2. The molecule has 0 aromatic heterocycles. The van der Waals surface area contributed by atoms with Crippen LogP contribution < -0.4 is 5.32 Å². The molecule has 4 heteroatoms. The third kappa shape index (κ3) is 3.83. The molecule has 0 spiro atoms. The molecule has 0 amide bonds. The zero-order valence-corrected chi connectivity index (χ0v) is 13.3. The molecule has 116 valence electrons. The molecule has 1 N–H and O–H groups in total. The molecule has 1 aromatic rings. The molecule has 1 aliphatic rings. The molecular formula is C17H26N2O2. The van der Waals surface area contributed by atoms with E-state index in [1.54, 1.807) is 0 Å². The van der Waals surface area contributed by atoms with Gasteiger partial charge >= 0.3 is 5.97 Å². The highest BCUT2D eigenvalue weighted by Gasteiger charge is 2.34. The number of hydrogen-bond acceptors (Lipinski definition) is 4. The van der Waals surface area contributed by atoms with E-state index in [0.29, 0.717) is 13.2 Å². The Balaban J connectivity index is 2.20. The normalized spacial score (nSPS) is 21.0. The zero-order chi connectivity index (χ0) is 15.2. The first-order valence-electron chi connectivity index (χ1n) is 7.87. The summed E-state index contributed by atoms with van der Waals surface area (Å²) in [5.74, 6) is -0.115. The summed E-state index contributed by atoms with van der Waals surface area (Å²) >= 11 is 0. The summed E-state index contributed by atoms with van der Waals surface area (Å²) in [5.41, 5.74) is 2.54. The quantitative estimate of drug-likeness (QED) is 0.845. The molecule has 1 aromatic carbocycles. The van der Waals surface area contributed by atoms with Gasteiger partial charge in [-0.1, -0.05) is 36.8 Å². The lowest BCUT2D eigenvalue weighted by molar-refractivity contribution is -0.151. The second-order valence-corrected chi connectivity index (χ2v) is 5.54. The fraction of sp³-hybridized carbons (Fsp3) is 0.588. The lowest BCUT2D eigenvalue weighted by Crippen LogP contribution is -2.56. The number of nitrogens with zero attached hydrogens (tertiary/aromatic N) is 1. The van der Waals surface area contributed by atoms with E-state index < -0.39 is 0 Å². The van der Waals surface area contributed by atoms with Gasteiger partial charge in [-0.05, 0) is 25.8 Å². The van der Waals surface area contributed by atoms with Crippen LogP contribution in [0.2, 0.25) is 0 Å². The molecule has 21 heavy (non-hydrogen) atoms. The number of carbonyl (C=O) groups is 1. The monoisotopic (exact) mass is 290 g/mol. The summed E-state index contributed by atoms with van der Waals surface area (Å²) in [5, 5.41) is 3.30. The Bertz CT molecular complexity index is 458. The number of rotatable bonds is 5. The second-order valence-electron chi connectivity index (χ2n) is 5.54. The molecule has 0 bridgehead atoms. The summed E-state index contributed by atoms with van der Waals surface area (Å²) in [6, 6.07) is 8.70. The van der Waals surface area contributed by atoms with Crippen molar-refractivity contribution < 1.29 is 9.53 Å². The van der Waals surface area contributed by atoms with E-state index >= 15 is 0 Å². The predicted molar refractivity (Wildman–Crippen MR) is 84.2 cm³/mol. The smallest absolute Gasteiger partial charge is 0.324 e. The lowest BCUT2D eigenvalue weighted by Gasteiger charge is -2.40. The van der Waals surface area contributed by atoms with E-state index in [1.807, 2.05) is 6.92 Å². The highest BCUT2D eigenvalue weighted by Crippen LogP contribution is 2.27. The van der Waals surface area contributed by atoms with Gasteiger partial charge in [-0.15, -0.1) is 0 Å². The van der Waals surface area contributed by atoms with Crippen molar-refractivity contribution in [3.8, 4) is 0 Å². The third-order valence-corrected chi connectivity index (χ3v) is 4.09. The van der Waals surface area contributed by atoms with Gasteiger partial charge in [-0.25, -0.2) is 0 Å². The van der Waals surface area contributed by atoms with Crippen LogP contribution in [0.25, 0.3) is 0 Å². The van der Waals surface area contributed by atoms with Crippen LogP contribution in [0.4, 0.5) is 0 Å². The van der Waals surface area contributed by atoms with Gasteiger partial charge in [0.25, 0.3) is 0 Å². The van der Waals surface area contributed by atoms with Crippen molar-refractivity contribution in [1.82, 2.24) is 10.2 Å². The van der Waals surface area contributed by atoms with Crippen LogP contribution >= 0.6 is 0 Å². The number of hydrogen-bond donors (Lipinski definition) is 1. The SMILES string of the molecule is CCOC(=O)C1CNCCN1C(CC)c1ccc(C)cc1. The number of carbonyl (C=O) groups excluding carboxylic acids is 1. The van der Waals surface area contributed by atoms with Crippen LogP contribution in [-0.2, 0) is 9.53 Å². The minimum absolute atomic E-state index is 0.115. The number of aryl methyl sites for hydroxylation is 1. The fourth-order valence-electron chi connectivity index (χ4n) is 3.00. The Kier molecular flexibility index (Phi) is 5.76. The van der Waals surface area contributed by atoms with Gasteiger partial charge in [0.1, 0.15) is 6.04 Å². The lowest BCUT2D eigenvalue weighted by atomic mass is 9.98. The van der Waals surface area contributed by atoms with Crippen LogP contribution in [0.3, 0.4) is 0 Å². The molecule has 1 aliphatic heterocycles. The molecule has 1 saturated heterocycles. The topological polar surface area (TPSA) is 41.6 Å². The highest BCUT2D eigenvalue weighted by molar-refractivity contribution is 5.76. The van der Waals surface area contributed by atoms with Crippen molar-refractivity contribution in [2.24, 2.45) is 0 Å². The van der Waals surface area contributed by atoms with Crippen molar-refractivity contribution in [2.45, 2.75) is 39.3 Å². The minimum atomic E-state index is -0.190. The Morgan fingerprint density at radius 3 is 2.71 bits per heavy atom. The number of esters is 1. The molecular weight excluding hydrogens is 264 g/mol. The van der Waals surface area contributed by atoms with Gasteiger partial charge in [0.05, 0.1) is 6.61 Å². The maximum absolute atomic E-state index is 12.2. The molecule has 0 aliphatic carbocycles. The molecule has 0 saturated carbocycles. The maximum Gasteiger partial charge on any atom is 0.324 e. The number of ether oxygens (including phenoxy) is 1. The Hall–Kier alpha value is -1.39. The molecule has 1 fully saturated rings. The zero-order valence-electron chi connectivity index (χ0n) is 13.3. The first-order valence-corrected chi connectivity index (χ1v) is 7.87. The van der Waals surface area contributed by atoms with Crippen molar-refractivity contribution in [3.05, 3.63) is 35.4 Å².